The molecule has 1 aliphatic heterocycles. The maximum absolute atomic E-state index is 12.5. The summed E-state index contributed by atoms with van der Waals surface area (Å²) in [5.41, 5.74) is 0.890. The van der Waals surface area contributed by atoms with Gasteiger partial charge in [0.05, 0.1) is 18.8 Å². The predicted octanol–water partition coefficient (Wildman–Crippen LogP) is 0.633. The molecule has 6 nitrogen and oxygen atoms in total. The summed E-state index contributed by atoms with van der Waals surface area (Å²) >= 11 is 0. The second-order valence-corrected chi connectivity index (χ2v) is 5.50. The molecule has 1 amide bonds. The number of aliphatic hydroxyl groups excluding tert-OH is 2. The molecular formula is C16H21NO5. The van der Waals surface area contributed by atoms with Gasteiger partial charge in [0.2, 0.25) is 0 Å². The molecule has 0 spiro atoms. The van der Waals surface area contributed by atoms with E-state index >= 15 is 0 Å². The highest BCUT2D eigenvalue weighted by atomic mass is 16.6. The lowest BCUT2D eigenvalue weighted by Crippen LogP contribution is -2.57. The van der Waals surface area contributed by atoms with Crippen molar-refractivity contribution in [2.45, 2.75) is 44.6 Å². The van der Waals surface area contributed by atoms with E-state index < -0.39 is 30.8 Å². The number of carbonyl (C=O) groups excluding carboxylic acids is 2. The third kappa shape index (κ3) is 3.28. The predicted molar refractivity (Wildman–Crippen MR) is 78.8 cm³/mol. The summed E-state index contributed by atoms with van der Waals surface area (Å²) in [6.45, 7) is 2.89. The summed E-state index contributed by atoms with van der Waals surface area (Å²) in [6.07, 6.45) is -1.98. The average molecular weight is 307 g/mol. The highest BCUT2D eigenvalue weighted by Crippen LogP contribution is 2.29. The minimum absolute atomic E-state index is 0.0506. The van der Waals surface area contributed by atoms with Crippen molar-refractivity contribution in [3.8, 4) is 0 Å². The first-order valence-electron chi connectivity index (χ1n) is 7.32. The van der Waals surface area contributed by atoms with E-state index in [2.05, 4.69) is 0 Å². The monoisotopic (exact) mass is 307 g/mol. The van der Waals surface area contributed by atoms with Gasteiger partial charge in [-0.3, -0.25) is 4.79 Å². The average Bonchev–Trinajstić information content (AvgIpc) is 2.53. The summed E-state index contributed by atoms with van der Waals surface area (Å²) in [7, 11) is 0. The normalized spacial score (nSPS) is 24.8. The zero-order valence-corrected chi connectivity index (χ0v) is 12.7. The van der Waals surface area contributed by atoms with E-state index in [9.17, 15) is 14.7 Å². The number of carbonyl (C=O) groups is 2. The number of amides is 1. The molecule has 22 heavy (non-hydrogen) atoms. The van der Waals surface area contributed by atoms with E-state index in [4.69, 9.17) is 9.84 Å². The van der Waals surface area contributed by atoms with Crippen LogP contribution in [0.2, 0.25) is 0 Å². The van der Waals surface area contributed by atoms with Gasteiger partial charge in [0.1, 0.15) is 6.04 Å². The fourth-order valence-corrected chi connectivity index (χ4v) is 2.68. The molecule has 1 aliphatic rings. The topological polar surface area (TPSA) is 87.1 Å². The van der Waals surface area contributed by atoms with E-state index in [0.29, 0.717) is 0 Å². The van der Waals surface area contributed by atoms with Crippen molar-refractivity contribution in [2.24, 2.45) is 0 Å². The van der Waals surface area contributed by atoms with Gasteiger partial charge in [-0.1, -0.05) is 30.3 Å². The second-order valence-electron chi connectivity index (χ2n) is 5.50. The van der Waals surface area contributed by atoms with E-state index in [-0.39, 0.29) is 18.4 Å². The van der Waals surface area contributed by atoms with Gasteiger partial charge in [-0.2, -0.15) is 0 Å². The third-order valence-corrected chi connectivity index (χ3v) is 3.91. The van der Waals surface area contributed by atoms with Crippen LogP contribution in [0.4, 0.5) is 0 Å². The second kappa shape index (κ2) is 6.89. The van der Waals surface area contributed by atoms with Gasteiger partial charge in [0.25, 0.3) is 5.91 Å². The first-order chi connectivity index (χ1) is 10.5. The van der Waals surface area contributed by atoms with Crippen molar-refractivity contribution in [1.29, 1.82) is 0 Å². The van der Waals surface area contributed by atoms with Crippen LogP contribution in [-0.2, 0) is 14.3 Å². The molecule has 4 atom stereocenters. The summed E-state index contributed by atoms with van der Waals surface area (Å²) in [5.74, 6) is -0.853. The van der Waals surface area contributed by atoms with Gasteiger partial charge in [0, 0.05) is 6.42 Å². The molecule has 1 aromatic rings. The molecule has 1 heterocycles. The largest absolute Gasteiger partial charge is 0.451 e. The number of aliphatic hydroxyl groups is 2. The van der Waals surface area contributed by atoms with Crippen LogP contribution >= 0.6 is 0 Å². The lowest BCUT2D eigenvalue weighted by molar-refractivity contribution is -0.181. The van der Waals surface area contributed by atoms with Gasteiger partial charge < -0.3 is 19.8 Å². The molecule has 0 radical (unpaired) electrons. The quantitative estimate of drug-likeness (QED) is 0.779. The standard InChI is InChI=1S/C16H21NO5/c1-10(12-6-4-3-5-7-12)17-14(8-13(19)9-18)16(21)22-11(2)15(17)20/h3-7,10-11,13-14,18-19H,8-9H2,1-2H3/t10-,11-,13-,14+/m0/s1. The SMILES string of the molecule is C[C@@H]1OC(=O)[C@@H](C[C@H](O)CO)N([C@@H](C)c2ccccc2)C1=O. The number of hydrogen-bond donors (Lipinski definition) is 2. The maximum atomic E-state index is 12.5. The van der Waals surface area contributed by atoms with Crippen molar-refractivity contribution in [3.05, 3.63) is 35.9 Å². The molecule has 1 fully saturated rings. The molecule has 1 aromatic carbocycles. The molecule has 0 aliphatic carbocycles. The number of cyclic esters (lactones) is 1. The zero-order chi connectivity index (χ0) is 16.3. The van der Waals surface area contributed by atoms with Gasteiger partial charge in [0.15, 0.2) is 6.10 Å². The first kappa shape index (κ1) is 16.5. The molecule has 0 bridgehead atoms. The van der Waals surface area contributed by atoms with Crippen LogP contribution in [0.15, 0.2) is 30.3 Å². The molecule has 120 valence electrons. The third-order valence-electron chi connectivity index (χ3n) is 3.91. The van der Waals surface area contributed by atoms with Crippen molar-refractivity contribution in [3.63, 3.8) is 0 Å². The maximum Gasteiger partial charge on any atom is 0.329 e. The van der Waals surface area contributed by atoms with E-state index in [1.165, 1.54) is 11.8 Å². The minimum Gasteiger partial charge on any atom is -0.451 e. The Morgan fingerprint density at radius 2 is 1.91 bits per heavy atom. The Bertz CT molecular complexity index is 533. The number of hydrogen-bond acceptors (Lipinski definition) is 5. The number of benzene rings is 1. The number of ether oxygens (including phenoxy) is 1. The Morgan fingerprint density at radius 1 is 1.27 bits per heavy atom. The number of nitrogens with zero attached hydrogens (tertiary/aromatic N) is 1. The van der Waals surface area contributed by atoms with Crippen LogP contribution in [0.1, 0.15) is 31.9 Å². The molecule has 1 saturated heterocycles. The molecule has 0 unspecified atom stereocenters. The Morgan fingerprint density at radius 3 is 2.50 bits per heavy atom. The van der Waals surface area contributed by atoms with Crippen LogP contribution in [0.5, 0.6) is 0 Å². The molecule has 2 rings (SSSR count). The molecule has 0 saturated carbocycles. The number of esters is 1. The van der Waals surface area contributed by atoms with Crippen LogP contribution < -0.4 is 0 Å². The van der Waals surface area contributed by atoms with Gasteiger partial charge in [-0.25, -0.2) is 4.79 Å². The number of morpholine rings is 1. The highest BCUT2D eigenvalue weighted by molar-refractivity contribution is 5.92. The first-order valence-corrected chi connectivity index (χ1v) is 7.32. The Labute approximate surface area is 129 Å². The number of rotatable bonds is 5. The summed E-state index contributed by atoms with van der Waals surface area (Å²) in [6, 6.07) is 8.11. The molecule has 6 heteroatoms. The fourth-order valence-electron chi connectivity index (χ4n) is 2.68. The van der Waals surface area contributed by atoms with Crippen LogP contribution in [-0.4, -0.2) is 51.8 Å². The smallest absolute Gasteiger partial charge is 0.329 e. The lowest BCUT2D eigenvalue weighted by Gasteiger charge is -2.41. The summed E-state index contributed by atoms with van der Waals surface area (Å²) in [5, 5.41) is 18.7. The van der Waals surface area contributed by atoms with Gasteiger partial charge >= 0.3 is 5.97 Å². The molecule has 0 aromatic heterocycles. The zero-order valence-electron chi connectivity index (χ0n) is 12.7. The van der Waals surface area contributed by atoms with Crippen molar-refractivity contribution < 1.29 is 24.5 Å². The van der Waals surface area contributed by atoms with E-state index in [1.807, 2.05) is 37.3 Å². The van der Waals surface area contributed by atoms with E-state index in [0.717, 1.165) is 5.56 Å². The summed E-state index contributed by atoms with van der Waals surface area (Å²) in [4.78, 5) is 26.1. The van der Waals surface area contributed by atoms with Crippen LogP contribution in [0.3, 0.4) is 0 Å². The Hall–Kier alpha value is -1.92. The molecular weight excluding hydrogens is 286 g/mol. The lowest BCUT2D eigenvalue weighted by atomic mass is 9.99. The Balaban J connectivity index is 2.32. The highest BCUT2D eigenvalue weighted by Gasteiger charge is 2.43. The van der Waals surface area contributed by atoms with Crippen molar-refractivity contribution in [2.75, 3.05) is 6.61 Å². The van der Waals surface area contributed by atoms with Crippen LogP contribution in [0.25, 0.3) is 0 Å². The Kier molecular flexibility index (Phi) is 5.15. The van der Waals surface area contributed by atoms with Crippen LogP contribution in [0, 0.1) is 0 Å². The fraction of sp³-hybridized carbons (Fsp3) is 0.500. The van der Waals surface area contributed by atoms with Crippen molar-refractivity contribution in [1.82, 2.24) is 4.90 Å². The minimum atomic E-state index is -1.08. The van der Waals surface area contributed by atoms with Gasteiger partial charge in [-0.05, 0) is 19.4 Å². The van der Waals surface area contributed by atoms with Gasteiger partial charge in [-0.15, -0.1) is 0 Å². The van der Waals surface area contributed by atoms with E-state index in [1.54, 1.807) is 0 Å². The molecule has 2 N–H and O–H groups in total. The summed E-state index contributed by atoms with van der Waals surface area (Å²) < 4.78 is 5.05. The van der Waals surface area contributed by atoms with Crippen molar-refractivity contribution >= 4 is 11.9 Å².